The quantitative estimate of drug-likeness (QED) is 0.860. The van der Waals surface area contributed by atoms with Crippen LogP contribution >= 0.6 is 23.4 Å². The molecule has 3 nitrogen and oxygen atoms in total. The first-order chi connectivity index (χ1) is 10.2. The van der Waals surface area contributed by atoms with Gasteiger partial charge in [-0.3, -0.25) is 0 Å². The number of thioether (sulfide) groups is 1. The Morgan fingerprint density at radius 3 is 2.38 bits per heavy atom. The van der Waals surface area contributed by atoms with Crippen LogP contribution in [0.5, 0.6) is 11.5 Å². The number of benzene rings is 2. The number of hydrogen-bond donors (Lipinski definition) is 1. The Morgan fingerprint density at radius 1 is 1.00 bits per heavy atom. The summed E-state index contributed by atoms with van der Waals surface area (Å²) in [6.07, 6.45) is 0. The Morgan fingerprint density at radius 2 is 1.67 bits per heavy atom. The van der Waals surface area contributed by atoms with Crippen LogP contribution in [-0.2, 0) is 11.5 Å². The smallest absolute Gasteiger partial charge is 0.163 e. The third-order valence-electron chi connectivity index (χ3n) is 3.24. The van der Waals surface area contributed by atoms with E-state index in [1.165, 1.54) is 5.56 Å². The summed E-state index contributed by atoms with van der Waals surface area (Å²) >= 11 is 7.69. The third kappa shape index (κ3) is 3.57. The van der Waals surface area contributed by atoms with Crippen molar-refractivity contribution < 1.29 is 9.47 Å². The molecule has 2 aromatic carbocycles. The molecule has 0 aromatic heterocycles. The van der Waals surface area contributed by atoms with Crippen molar-refractivity contribution in [3.8, 4) is 11.5 Å². The predicted molar refractivity (Wildman–Crippen MR) is 88.3 cm³/mol. The van der Waals surface area contributed by atoms with Crippen LogP contribution in [0.1, 0.15) is 11.1 Å². The van der Waals surface area contributed by atoms with Gasteiger partial charge in [0.05, 0.1) is 0 Å². The molecular weight excluding hydrogens is 306 g/mol. The molecule has 0 amide bonds. The van der Waals surface area contributed by atoms with E-state index in [2.05, 4.69) is 0 Å². The molecule has 1 aliphatic heterocycles. The van der Waals surface area contributed by atoms with Crippen molar-refractivity contribution in [2.75, 3.05) is 18.9 Å². The van der Waals surface area contributed by atoms with Crippen molar-refractivity contribution in [2.45, 2.75) is 11.5 Å². The largest absolute Gasteiger partial charge is 0.486 e. The summed E-state index contributed by atoms with van der Waals surface area (Å²) in [6.45, 7) is 1.17. The Hall–Kier alpha value is -1.52. The molecule has 1 heterocycles. The van der Waals surface area contributed by atoms with Gasteiger partial charge in [-0.1, -0.05) is 23.7 Å². The fourth-order valence-electron chi connectivity index (χ4n) is 2.13. The number of hydrogen-bond acceptors (Lipinski definition) is 4. The second kappa shape index (κ2) is 6.50. The minimum absolute atomic E-state index is 0.580. The maximum absolute atomic E-state index is 6.08. The standard InChI is InChI=1S/C16H16ClNO2S/c17-13-3-1-11(2-4-13)9-21-10-12-7-15-16(8-14(12)18)20-6-5-19-15/h1-4,7-8H,5-6,9-10,18H2. The average Bonchev–Trinajstić information content (AvgIpc) is 2.50. The van der Waals surface area contributed by atoms with Crippen molar-refractivity contribution in [1.29, 1.82) is 0 Å². The second-order valence-corrected chi connectivity index (χ2v) is 6.24. The highest BCUT2D eigenvalue weighted by atomic mass is 35.5. The minimum Gasteiger partial charge on any atom is -0.486 e. The second-order valence-electron chi connectivity index (χ2n) is 4.81. The maximum atomic E-state index is 6.08. The molecule has 3 rings (SSSR count). The van der Waals surface area contributed by atoms with Crippen LogP contribution in [0.15, 0.2) is 36.4 Å². The molecule has 21 heavy (non-hydrogen) atoms. The zero-order chi connectivity index (χ0) is 14.7. The first kappa shape index (κ1) is 14.4. The molecule has 0 atom stereocenters. The fraction of sp³-hybridized carbons (Fsp3) is 0.250. The highest BCUT2D eigenvalue weighted by Gasteiger charge is 2.14. The van der Waals surface area contributed by atoms with Gasteiger partial charge in [-0.15, -0.1) is 0 Å². The Balaban J connectivity index is 1.63. The summed E-state index contributed by atoms with van der Waals surface area (Å²) in [4.78, 5) is 0. The van der Waals surface area contributed by atoms with E-state index in [0.717, 1.165) is 39.3 Å². The van der Waals surface area contributed by atoms with E-state index in [0.29, 0.717) is 13.2 Å². The predicted octanol–water partition coefficient (Wildman–Crippen LogP) is 4.13. The van der Waals surface area contributed by atoms with Crippen LogP contribution in [0, 0.1) is 0 Å². The Kier molecular flexibility index (Phi) is 4.46. The van der Waals surface area contributed by atoms with Crippen LogP contribution < -0.4 is 15.2 Å². The van der Waals surface area contributed by atoms with E-state index < -0.39 is 0 Å². The zero-order valence-electron chi connectivity index (χ0n) is 11.5. The average molecular weight is 322 g/mol. The van der Waals surface area contributed by atoms with Gasteiger partial charge in [0.2, 0.25) is 0 Å². The van der Waals surface area contributed by atoms with Crippen molar-refractivity contribution in [2.24, 2.45) is 0 Å². The summed E-state index contributed by atoms with van der Waals surface area (Å²) < 4.78 is 11.1. The Bertz CT molecular complexity index is 631. The summed E-state index contributed by atoms with van der Waals surface area (Å²) in [5, 5.41) is 0.764. The lowest BCUT2D eigenvalue weighted by Crippen LogP contribution is -2.15. The van der Waals surface area contributed by atoms with Gasteiger partial charge >= 0.3 is 0 Å². The lowest BCUT2D eigenvalue weighted by atomic mass is 10.2. The summed E-state index contributed by atoms with van der Waals surface area (Å²) in [6, 6.07) is 11.8. The maximum Gasteiger partial charge on any atom is 0.163 e. The van der Waals surface area contributed by atoms with Crippen LogP contribution in [-0.4, -0.2) is 13.2 Å². The minimum atomic E-state index is 0.580. The lowest BCUT2D eigenvalue weighted by molar-refractivity contribution is 0.171. The third-order valence-corrected chi connectivity index (χ3v) is 4.55. The first-order valence-corrected chi connectivity index (χ1v) is 8.26. The topological polar surface area (TPSA) is 44.5 Å². The molecular formula is C16H16ClNO2S. The molecule has 0 fully saturated rings. The molecule has 0 saturated heterocycles. The van der Waals surface area contributed by atoms with Gasteiger partial charge < -0.3 is 15.2 Å². The van der Waals surface area contributed by atoms with E-state index in [1.54, 1.807) is 0 Å². The van der Waals surface area contributed by atoms with Crippen LogP contribution in [0.3, 0.4) is 0 Å². The summed E-state index contributed by atoms with van der Waals surface area (Å²) in [5.74, 6) is 3.29. The van der Waals surface area contributed by atoms with Crippen molar-refractivity contribution in [3.05, 3.63) is 52.5 Å². The molecule has 110 valence electrons. The lowest BCUT2D eigenvalue weighted by Gasteiger charge is -2.20. The molecule has 0 aliphatic carbocycles. The van der Waals surface area contributed by atoms with Crippen LogP contribution in [0.2, 0.25) is 5.02 Å². The normalized spacial score (nSPS) is 13.2. The molecule has 0 spiro atoms. The number of halogens is 1. The number of fused-ring (bicyclic) bond motifs is 1. The molecule has 0 radical (unpaired) electrons. The van der Waals surface area contributed by atoms with Crippen molar-refractivity contribution >= 4 is 29.1 Å². The van der Waals surface area contributed by atoms with Gasteiger partial charge in [0.25, 0.3) is 0 Å². The highest BCUT2D eigenvalue weighted by molar-refractivity contribution is 7.97. The summed E-state index contributed by atoms with van der Waals surface area (Å²) in [5.41, 5.74) is 9.16. The zero-order valence-corrected chi connectivity index (χ0v) is 13.0. The van der Waals surface area contributed by atoms with Gasteiger partial charge in [0.1, 0.15) is 13.2 Å². The van der Waals surface area contributed by atoms with Crippen LogP contribution in [0.25, 0.3) is 0 Å². The molecule has 0 bridgehead atoms. The van der Waals surface area contributed by atoms with Gasteiger partial charge in [-0.2, -0.15) is 11.8 Å². The number of rotatable bonds is 4. The molecule has 2 aromatic rings. The van der Waals surface area contributed by atoms with Crippen LogP contribution in [0.4, 0.5) is 5.69 Å². The van der Waals surface area contributed by atoms with E-state index in [4.69, 9.17) is 26.8 Å². The highest BCUT2D eigenvalue weighted by Crippen LogP contribution is 2.36. The van der Waals surface area contributed by atoms with Gasteiger partial charge in [-0.05, 0) is 29.3 Å². The van der Waals surface area contributed by atoms with E-state index in [1.807, 2.05) is 48.2 Å². The van der Waals surface area contributed by atoms with Crippen molar-refractivity contribution in [1.82, 2.24) is 0 Å². The number of anilines is 1. The van der Waals surface area contributed by atoms with Crippen molar-refractivity contribution in [3.63, 3.8) is 0 Å². The molecule has 0 unspecified atom stereocenters. The first-order valence-electron chi connectivity index (χ1n) is 6.72. The number of ether oxygens (including phenoxy) is 2. The monoisotopic (exact) mass is 321 g/mol. The fourth-order valence-corrected chi connectivity index (χ4v) is 3.26. The van der Waals surface area contributed by atoms with Gasteiger partial charge in [-0.25, -0.2) is 0 Å². The molecule has 2 N–H and O–H groups in total. The number of nitrogens with two attached hydrogens (primary N) is 1. The van der Waals surface area contributed by atoms with Gasteiger partial charge in [0, 0.05) is 28.3 Å². The molecule has 5 heteroatoms. The molecule has 0 saturated carbocycles. The Labute approximate surface area is 133 Å². The number of nitrogen functional groups attached to an aromatic ring is 1. The molecule has 1 aliphatic rings. The van der Waals surface area contributed by atoms with E-state index in [-0.39, 0.29) is 0 Å². The van der Waals surface area contributed by atoms with Gasteiger partial charge in [0.15, 0.2) is 11.5 Å². The SMILES string of the molecule is Nc1cc2c(cc1CSCc1ccc(Cl)cc1)OCCO2. The summed E-state index contributed by atoms with van der Waals surface area (Å²) in [7, 11) is 0. The van der Waals surface area contributed by atoms with E-state index in [9.17, 15) is 0 Å². The van der Waals surface area contributed by atoms with E-state index >= 15 is 0 Å².